The Bertz CT molecular complexity index is 224. The molecule has 0 bridgehead atoms. The van der Waals surface area contributed by atoms with Crippen molar-refractivity contribution in [2.45, 2.75) is 84.5 Å². The maximum Gasteiger partial charge on any atom is 0.313 e. The van der Waals surface area contributed by atoms with E-state index in [0.29, 0.717) is 12.8 Å². The smallest absolute Gasteiger partial charge is 0.313 e. The third-order valence-electron chi connectivity index (χ3n) is 2.92. The summed E-state index contributed by atoms with van der Waals surface area (Å²) in [5.74, 6) is -0.749. The van der Waals surface area contributed by atoms with Gasteiger partial charge in [-0.05, 0) is 12.8 Å². The fraction of sp³-hybridized carbons (Fsp3) is 0.867. The number of hydrogen-bond donors (Lipinski definition) is 0. The number of ether oxygens (including phenoxy) is 1. The molecule has 0 heterocycles. The van der Waals surface area contributed by atoms with Gasteiger partial charge in [0.1, 0.15) is 0 Å². The number of hydrogen-bond acceptors (Lipinski definition) is 3. The predicted molar refractivity (Wildman–Crippen MR) is 73.2 cm³/mol. The summed E-state index contributed by atoms with van der Waals surface area (Å²) in [5, 5.41) is 0. The zero-order chi connectivity index (χ0) is 13.6. The van der Waals surface area contributed by atoms with E-state index in [1.54, 1.807) is 0 Å². The first-order chi connectivity index (χ1) is 8.70. The number of unbranched alkanes of at least 4 members (excludes halogenated alkanes) is 7. The minimum absolute atomic E-state index is 0.336. The van der Waals surface area contributed by atoms with Crippen LogP contribution < -0.4 is 0 Å². The Hall–Kier alpha value is -0.860. The van der Waals surface area contributed by atoms with E-state index >= 15 is 0 Å². The van der Waals surface area contributed by atoms with Gasteiger partial charge in [0.15, 0.2) is 0 Å². The minimum Gasteiger partial charge on any atom is -0.393 e. The second-order valence-electron chi connectivity index (χ2n) is 4.82. The molecule has 0 radical (unpaired) electrons. The largest absolute Gasteiger partial charge is 0.393 e. The third kappa shape index (κ3) is 11.6. The van der Waals surface area contributed by atoms with Crippen molar-refractivity contribution in [1.29, 1.82) is 0 Å². The molecule has 0 spiro atoms. The number of rotatable bonds is 11. The quantitative estimate of drug-likeness (QED) is 0.313. The molecule has 0 saturated carbocycles. The van der Waals surface area contributed by atoms with Crippen molar-refractivity contribution in [3.63, 3.8) is 0 Å². The predicted octanol–water partition coefficient (Wildman–Crippen LogP) is 4.39. The molecule has 3 nitrogen and oxygen atoms in total. The van der Waals surface area contributed by atoms with E-state index < -0.39 is 0 Å². The molecule has 0 fully saturated rings. The molecule has 0 aliphatic carbocycles. The highest BCUT2D eigenvalue weighted by atomic mass is 16.6. The summed E-state index contributed by atoms with van der Waals surface area (Å²) >= 11 is 0. The molecule has 0 aliphatic heterocycles. The van der Waals surface area contributed by atoms with Crippen LogP contribution in [0.4, 0.5) is 0 Å². The molecule has 3 heteroatoms. The van der Waals surface area contributed by atoms with Gasteiger partial charge in [-0.1, -0.05) is 58.8 Å². The van der Waals surface area contributed by atoms with E-state index in [0.717, 1.165) is 19.3 Å². The van der Waals surface area contributed by atoms with E-state index in [1.165, 1.54) is 38.5 Å². The van der Waals surface area contributed by atoms with Gasteiger partial charge in [-0.25, -0.2) is 0 Å². The van der Waals surface area contributed by atoms with Crippen LogP contribution in [-0.2, 0) is 14.3 Å². The molecule has 0 amide bonds. The van der Waals surface area contributed by atoms with Gasteiger partial charge >= 0.3 is 11.9 Å². The summed E-state index contributed by atoms with van der Waals surface area (Å²) in [6.07, 6.45) is 11.0. The van der Waals surface area contributed by atoms with Crippen LogP contribution >= 0.6 is 0 Å². The Balaban J connectivity index is 3.27. The SMILES string of the molecule is CCCCCCCCCCC(=O)OC(=O)CCC. The second kappa shape index (κ2) is 12.6. The molecule has 106 valence electrons. The zero-order valence-electron chi connectivity index (χ0n) is 12.0. The van der Waals surface area contributed by atoms with Gasteiger partial charge in [0.25, 0.3) is 0 Å². The highest BCUT2D eigenvalue weighted by molar-refractivity contribution is 5.85. The van der Waals surface area contributed by atoms with Crippen molar-refractivity contribution >= 4 is 11.9 Å². The average Bonchev–Trinajstić information content (AvgIpc) is 2.32. The normalized spacial score (nSPS) is 10.3. The van der Waals surface area contributed by atoms with Crippen LogP contribution in [0.5, 0.6) is 0 Å². The van der Waals surface area contributed by atoms with Gasteiger partial charge in [0, 0.05) is 12.8 Å². The maximum absolute atomic E-state index is 11.3. The first kappa shape index (κ1) is 17.1. The number of esters is 2. The monoisotopic (exact) mass is 256 g/mol. The Morgan fingerprint density at radius 1 is 0.667 bits per heavy atom. The number of carbonyl (C=O) groups excluding carboxylic acids is 2. The average molecular weight is 256 g/mol. The van der Waals surface area contributed by atoms with E-state index in [2.05, 4.69) is 11.7 Å². The topological polar surface area (TPSA) is 43.4 Å². The van der Waals surface area contributed by atoms with Gasteiger partial charge in [-0.3, -0.25) is 9.59 Å². The molecule has 0 atom stereocenters. The van der Waals surface area contributed by atoms with Gasteiger partial charge in [-0.15, -0.1) is 0 Å². The van der Waals surface area contributed by atoms with Crippen LogP contribution in [0.2, 0.25) is 0 Å². The lowest BCUT2D eigenvalue weighted by molar-refractivity contribution is -0.159. The van der Waals surface area contributed by atoms with E-state index in [9.17, 15) is 9.59 Å². The molecule has 0 unspecified atom stereocenters. The van der Waals surface area contributed by atoms with Gasteiger partial charge in [-0.2, -0.15) is 0 Å². The van der Waals surface area contributed by atoms with Gasteiger partial charge in [0.05, 0.1) is 0 Å². The van der Waals surface area contributed by atoms with Crippen molar-refractivity contribution in [3.8, 4) is 0 Å². The van der Waals surface area contributed by atoms with Crippen LogP contribution in [0.25, 0.3) is 0 Å². The van der Waals surface area contributed by atoms with E-state index in [-0.39, 0.29) is 11.9 Å². The number of carbonyl (C=O) groups is 2. The van der Waals surface area contributed by atoms with Crippen LogP contribution in [-0.4, -0.2) is 11.9 Å². The summed E-state index contributed by atoms with van der Waals surface area (Å²) in [5.41, 5.74) is 0. The standard InChI is InChI=1S/C15H28O3/c1-3-5-6-7-8-9-10-11-13-15(17)18-14(16)12-4-2/h3-13H2,1-2H3. The molecular formula is C15H28O3. The molecule has 0 rings (SSSR count). The lowest BCUT2D eigenvalue weighted by atomic mass is 10.1. The van der Waals surface area contributed by atoms with E-state index in [4.69, 9.17) is 0 Å². The fourth-order valence-electron chi connectivity index (χ4n) is 1.84. The van der Waals surface area contributed by atoms with Crippen molar-refractivity contribution < 1.29 is 14.3 Å². The van der Waals surface area contributed by atoms with Crippen molar-refractivity contribution in [2.24, 2.45) is 0 Å². The Morgan fingerprint density at radius 2 is 1.17 bits per heavy atom. The molecule has 0 aliphatic rings. The first-order valence-electron chi connectivity index (χ1n) is 7.44. The maximum atomic E-state index is 11.3. The minimum atomic E-state index is -0.387. The highest BCUT2D eigenvalue weighted by Crippen LogP contribution is 2.10. The molecule has 18 heavy (non-hydrogen) atoms. The molecule has 0 aromatic heterocycles. The first-order valence-corrected chi connectivity index (χ1v) is 7.44. The lowest BCUT2D eigenvalue weighted by Gasteiger charge is -2.02. The van der Waals surface area contributed by atoms with Crippen LogP contribution in [0.1, 0.15) is 84.5 Å². The molecular weight excluding hydrogens is 228 g/mol. The molecule has 0 aromatic rings. The summed E-state index contributed by atoms with van der Waals surface area (Å²) in [4.78, 5) is 22.3. The fourth-order valence-corrected chi connectivity index (χ4v) is 1.84. The van der Waals surface area contributed by atoms with E-state index in [1.807, 2.05) is 6.92 Å². The van der Waals surface area contributed by atoms with Crippen molar-refractivity contribution in [2.75, 3.05) is 0 Å². The summed E-state index contributed by atoms with van der Waals surface area (Å²) in [6, 6.07) is 0. The molecule has 0 saturated heterocycles. The van der Waals surface area contributed by atoms with Crippen LogP contribution in [0.15, 0.2) is 0 Å². The summed E-state index contributed by atoms with van der Waals surface area (Å²) in [7, 11) is 0. The summed E-state index contributed by atoms with van der Waals surface area (Å²) in [6.45, 7) is 4.11. The Labute approximate surface area is 111 Å². The zero-order valence-corrected chi connectivity index (χ0v) is 12.0. The van der Waals surface area contributed by atoms with Gasteiger partial charge in [0.2, 0.25) is 0 Å². The van der Waals surface area contributed by atoms with Gasteiger partial charge < -0.3 is 4.74 Å². The van der Waals surface area contributed by atoms with Crippen LogP contribution in [0, 0.1) is 0 Å². The Kier molecular flexibility index (Phi) is 12.0. The van der Waals surface area contributed by atoms with Crippen molar-refractivity contribution in [3.05, 3.63) is 0 Å². The Morgan fingerprint density at radius 3 is 1.72 bits per heavy atom. The highest BCUT2D eigenvalue weighted by Gasteiger charge is 2.08. The second-order valence-corrected chi connectivity index (χ2v) is 4.82. The van der Waals surface area contributed by atoms with Crippen molar-refractivity contribution in [1.82, 2.24) is 0 Å². The molecule has 0 N–H and O–H groups in total. The summed E-state index contributed by atoms with van der Waals surface area (Å²) < 4.78 is 4.67. The van der Waals surface area contributed by atoms with Crippen LogP contribution in [0.3, 0.4) is 0 Å². The molecule has 0 aromatic carbocycles. The lowest BCUT2D eigenvalue weighted by Crippen LogP contribution is -2.11. The third-order valence-corrected chi connectivity index (χ3v) is 2.92.